The first-order chi connectivity index (χ1) is 11.2. The smallest absolute Gasteiger partial charge is 0.127 e. The molecule has 1 saturated heterocycles. The van der Waals surface area contributed by atoms with Crippen molar-refractivity contribution < 1.29 is 4.39 Å². The molecule has 0 aliphatic carbocycles. The first-order valence-corrected chi connectivity index (χ1v) is 7.95. The van der Waals surface area contributed by atoms with E-state index in [0.29, 0.717) is 17.7 Å². The van der Waals surface area contributed by atoms with Crippen molar-refractivity contribution >= 4 is 17.3 Å². The summed E-state index contributed by atoms with van der Waals surface area (Å²) in [6.07, 6.45) is 0. The molecule has 3 rings (SSSR count). The van der Waals surface area contributed by atoms with E-state index >= 15 is 0 Å². The Morgan fingerprint density at radius 1 is 1.09 bits per heavy atom. The summed E-state index contributed by atoms with van der Waals surface area (Å²) in [5.74, 6) is -0.252. The van der Waals surface area contributed by atoms with Gasteiger partial charge in [0, 0.05) is 38.3 Å². The van der Waals surface area contributed by atoms with Gasteiger partial charge in [0.25, 0.3) is 0 Å². The quantitative estimate of drug-likeness (QED) is 0.860. The molecule has 0 aromatic heterocycles. The Kier molecular flexibility index (Phi) is 4.80. The van der Waals surface area contributed by atoms with Crippen molar-refractivity contribution in [3.63, 3.8) is 0 Å². The second-order valence-electron chi connectivity index (χ2n) is 5.63. The van der Waals surface area contributed by atoms with Crippen molar-refractivity contribution in [2.75, 3.05) is 31.1 Å². The van der Waals surface area contributed by atoms with Crippen LogP contribution in [0.15, 0.2) is 42.5 Å². The Hall–Kier alpha value is -2.09. The Balaban J connectivity index is 1.64. The van der Waals surface area contributed by atoms with Gasteiger partial charge < -0.3 is 4.90 Å². The van der Waals surface area contributed by atoms with E-state index in [2.05, 4.69) is 15.9 Å². The Labute approximate surface area is 140 Å². The number of para-hydroxylation sites is 1. The lowest BCUT2D eigenvalue weighted by Crippen LogP contribution is -2.46. The topological polar surface area (TPSA) is 30.3 Å². The van der Waals surface area contributed by atoms with E-state index in [4.69, 9.17) is 16.9 Å². The summed E-state index contributed by atoms with van der Waals surface area (Å²) in [5.41, 5.74) is 2.12. The highest BCUT2D eigenvalue weighted by Crippen LogP contribution is 2.26. The monoisotopic (exact) mass is 329 g/mol. The Morgan fingerprint density at radius 2 is 1.83 bits per heavy atom. The lowest BCUT2D eigenvalue weighted by molar-refractivity contribution is 0.246. The minimum atomic E-state index is -0.252. The molecule has 1 aliphatic heterocycles. The van der Waals surface area contributed by atoms with E-state index in [9.17, 15) is 4.39 Å². The SMILES string of the molecule is N#Cc1ccc(F)c(CN2CCN(c3ccccc3Cl)CC2)c1. The Morgan fingerprint density at radius 3 is 2.52 bits per heavy atom. The van der Waals surface area contributed by atoms with Gasteiger partial charge in [-0.05, 0) is 30.3 Å². The van der Waals surface area contributed by atoms with Gasteiger partial charge in [-0.15, -0.1) is 0 Å². The third kappa shape index (κ3) is 3.64. The fourth-order valence-corrected chi connectivity index (χ4v) is 3.12. The predicted molar refractivity (Wildman–Crippen MR) is 90.1 cm³/mol. The molecule has 23 heavy (non-hydrogen) atoms. The second kappa shape index (κ2) is 6.99. The highest BCUT2D eigenvalue weighted by Gasteiger charge is 2.19. The zero-order chi connectivity index (χ0) is 16.2. The first kappa shape index (κ1) is 15.8. The first-order valence-electron chi connectivity index (χ1n) is 7.58. The van der Waals surface area contributed by atoms with Crippen molar-refractivity contribution in [1.82, 2.24) is 4.90 Å². The molecule has 2 aromatic carbocycles. The van der Waals surface area contributed by atoms with Gasteiger partial charge in [-0.3, -0.25) is 4.90 Å². The van der Waals surface area contributed by atoms with E-state index < -0.39 is 0 Å². The lowest BCUT2D eigenvalue weighted by Gasteiger charge is -2.36. The molecule has 0 N–H and O–H groups in total. The molecule has 0 unspecified atom stereocenters. The van der Waals surface area contributed by atoms with Gasteiger partial charge in [-0.1, -0.05) is 23.7 Å². The van der Waals surface area contributed by atoms with Crippen molar-refractivity contribution in [2.45, 2.75) is 6.54 Å². The van der Waals surface area contributed by atoms with Crippen LogP contribution in [0, 0.1) is 17.1 Å². The van der Waals surface area contributed by atoms with Crippen LogP contribution in [0.25, 0.3) is 0 Å². The van der Waals surface area contributed by atoms with Crippen LogP contribution in [0.3, 0.4) is 0 Å². The summed E-state index contributed by atoms with van der Waals surface area (Å²) in [7, 11) is 0. The summed E-state index contributed by atoms with van der Waals surface area (Å²) >= 11 is 6.24. The minimum absolute atomic E-state index is 0.252. The van der Waals surface area contributed by atoms with E-state index in [-0.39, 0.29) is 5.82 Å². The normalized spacial score (nSPS) is 15.4. The van der Waals surface area contributed by atoms with Crippen LogP contribution in [0.4, 0.5) is 10.1 Å². The lowest BCUT2D eigenvalue weighted by atomic mass is 10.1. The van der Waals surface area contributed by atoms with Crippen LogP contribution in [0.2, 0.25) is 5.02 Å². The second-order valence-corrected chi connectivity index (χ2v) is 6.04. The molecule has 2 aromatic rings. The molecule has 3 nitrogen and oxygen atoms in total. The molecule has 1 aliphatic rings. The molecular formula is C18H17ClFN3. The number of benzene rings is 2. The fourth-order valence-electron chi connectivity index (χ4n) is 2.86. The molecule has 0 radical (unpaired) electrons. The zero-order valence-corrected chi connectivity index (χ0v) is 13.4. The average Bonchev–Trinajstić information content (AvgIpc) is 2.58. The van der Waals surface area contributed by atoms with Crippen LogP contribution < -0.4 is 4.90 Å². The summed E-state index contributed by atoms with van der Waals surface area (Å²) < 4.78 is 13.9. The molecule has 0 amide bonds. The van der Waals surface area contributed by atoms with Gasteiger partial charge in [0.1, 0.15) is 5.82 Å². The molecule has 0 bridgehead atoms. The Bertz CT molecular complexity index is 733. The molecule has 0 atom stereocenters. The molecule has 0 saturated carbocycles. The molecule has 1 fully saturated rings. The summed E-state index contributed by atoms with van der Waals surface area (Å²) in [6.45, 7) is 3.90. The molecule has 1 heterocycles. The maximum Gasteiger partial charge on any atom is 0.127 e. The molecular weight excluding hydrogens is 313 g/mol. The van der Waals surface area contributed by atoms with E-state index in [1.807, 2.05) is 24.3 Å². The minimum Gasteiger partial charge on any atom is -0.368 e. The summed E-state index contributed by atoms with van der Waals surface area (Å²) in [6, 6.07) is 14.4. The molecule has 5 heteroatoms. The van der Waals surface area contributed by atoms with Gasteiger partial charge in [-0.2, -0.15) is 5.26 Å². The molecule has 118 valence electrons. The van der Waals surface area contributed by atoms with Gasteiger partial charge in [-0.25, -0.2) is 4.39 Å². The highest BCUT2D eigenvalue weighted by atomic mass is 35.5. The number of hydrogen-bond acceptors (Lipinski definition) is 3. The standard InChI is InChI=1S/C18H17ClFN3/c19-16-3-1-2-4-18(16)23-9-7-22(8-10-23)13-15-11-14(12-21)5-6-17(15)20/h1-6,11H,7-10,13H2. The fraction of sp³-hybridized carbons (Fsp3) is 0.278. The van der Waals surface area contributed by atoms with Crippen molar-refractivity contribution in [1.29, 1.82) is 5.26 Å². The number of nitrogens with zero attached hydrogens (tertiary/aromatic N) is 3. The summed E-state index contributed by atoms with van der Waals surface area (Å²) in [4.78, 5) is 4.45. The van der Waals surface area contributed by atoms with Gasteiger partial charge >= 0.3 is 0 Å². The number of anilines is 1. The van der Waals surface area contributed by atoms with Gasteiger partial charge in [0.2, 0.25) is 0 Å². The van der Waals surface area contributed by atoms with Crippen molar-refractivity contribution in [3.05, 3.63) is 64.4 Å². The number of rotatable bonds is 3. The largest absolute Gasteiger partial charge is 0.368 e. The van der Waals surface area contributed by atoms with E-state index in [1.165, 1.54) is 12.1 Å². The van der Waals surface area contributed by atoms with Crippen LogP contribution >= 0.6 is 11.6 Å². The van der Waals surface area contributed by atoms with Crippen LogP contribution in [-0.4, -0.2) is 31.1 Å². The maximum absolute atomic E-state index is 13.9. The van der Waals surface area contributed by atoms with Crippen LogP contribution in [-0.2, 0) is 6.54 Å². The molecule has 0 spiro atoms. The van der Waals surface area contributed by atoms with Crippen LogP contribution in [0.1, 0.15) is 11.1 Å². The number of piperazine rings is 1. The average molecular weight is 330 g/mol. The van der Waals surface area contributed by atoms with Crippen molar-refractivity contribution in [2.24, 2.45) is 0 Å². The zero-order valence-electron chi connectivity index (χ0n) is 12.7. The number of hydrogen-bond donors (Lipinski definition) is 0. The third-order valence-electron chi connectivity index (χ3n) is 4.13. The number of halogens is 2. The maximum atomic E-state index is 13.9. The van der Waals surface area contributed by atoms with E-state index in [1.54, 1.807) is 6.07 Å². The van der Waals surface area contributed by atoms with Gasteiger partial charge in [0.05, 0.1) is 22.3 Å². The number of nitriles is 1. The third-order valence-corrected chi connectivity index (χ3v) is 4.45. The van der Waals surface area contributed by atoms with Crippen molar-refractivity contribution in [3.8, 4) is 6.07 Å². The van der Waals surface area contributed by atoms with E-state index in [0.717, 1.165) is 36.9 Å². The predicted octanol–water partition coefficient (Wildman–Crippen LogP) is 3.67. The van der Waals surface area contributed by atoms with Crippen LogP contribution in [0.5, 0.6) is 0 Å². The summed E-state index contributed by atoms with van der Waals surface area (Å²) in [5, 5.41) is 9.70. The van der Waals surface area contributed by atoms with Gasteiger partial charge in [0.15, 0.2) is 0 Å². The highest BCUT2D eigenvalue weighted by molar-refractivity contribution is 6.33.